The Morgan fingerprint density at radius 2 is 1.70 bits per heavy atom. The number of hydrogen-bond acceptors (Lipinski definition) is 1. The molecule has 0 aliphatic heterocycles. The van der Waals surface area contributed by atoms with Crippen molar-refractivity contribution < 1.29 is 0 Å². The van der Waals surface area contributed by atoms with Gasteiger partial charge in [0.05, 0.1) is 0 Å². The van der Waals surface area contributed by atoms with Crippen LogP contribution in [0, 0.1) is 46.3 Å². The van der Waals surface area contributed by atoms with Crippen LogP contribution in [0.3, 0.4) is 0 Å². The highest BCUT2D eigenvalue weighted by molar-refractivity contribution is 5.08. The van der Waals surface area contributed by atoms with E-state index in [4.69, 9.17) is 0 Å². The molecule has 0 aromatic heterocycles. The molecular weight excluding hydrogens is 326 g/mol. The minimum atomic E-state index is 0.631. The fourth-order valence-electron chi connectivity index (χ4n) is 8.87. The molecule has 4 fully saturated rings. The summed E-state index contributed by atoms with van der Waals surface area (Å²) in [5.74, 6) is 6.13. The lowest BCUT2D eigenvalue weighted by atomic mass is 9.40. The van der Waals surface area contributed by atoms with E-state index in [1.807, 2.05) is 13.8 Å². The van der Waals surface area contributed by atoms with Crippen molar-refractivity contribution in [1.29, 1.82) is 0 Å². The maximum atomic E-state index is 3.54. The monoisotopic (exact) mass is 375 g/mol. The molecule has 8 atom stereocenters. The molecular formula is C26H49N. The third-order valence-electron chi connectivity index (χ3n) is 10.2. The first-order valence-corrected chi connectivity index (χ1v) is 12.7. The third kappa shape index (κ3) is 3.53. The Bertz CT molecular complexity index is 471. The fourth-order valence-corrected chi connectivity index (χ4v) is 8.87. The molecule has 0 saturated heterocycles. The molecule has 7 unspecified atom stereocenters. The lowest BCUT2D eigenvalue weighted by molar-refractivity contribution is -0.152. The van der Waals surface area contributed by atoms with Crippen LogP contribution in [0.4, 0.5) is 0 Å². The third-order valence-corrected chi connectivity index (χ3v) is 10.2. The van der Waals surface area contributed by atoms with Crippen LogP contribution in [0.15, 0.2) is 0 Å². The van der Waals surface area contributed by atoms with E-state index < -0.39 is 0 Å². The molecule has 0 amide bonds. The van der Waals surface area contributed by atoms with Crippen molar-refractivity contribution in [2.24, 2.45) is 46.3 Å². The van der Waals surface area contributed by atoms with Gasteiger partial charge in [0, 0.05) is 0 Å². The summed E-state index contributed by atoms with van der Waals surface area (Å²) < 4.78 is 0. The average molecular weight is 376 g/mol. The minimum absolute atomic E-state index is 0.631. The Hall–Kier alpha value is -0.0400. The zero-order valence-corrected chi connectivity index (χ0v) is 19.4. The van der Waals surface area contributed by atoms with Crippen molar-refractivity contribution >= 4 is 0 Å². The molecule has 0 aromatic rings. The zero-order chi connectivity index (χ0) is 19.7. The normalized spacial score (nSPS) is 49.1. The van der Waals surface area contributed by atoms with E-state index in [9.17, 15) is 0 Å². The summed E-state index contributed by atoms with van der Waals surface area (Å²) in [6, 6.07) is 0. The van der Waals surface area contributed by atoms with Gasteiger partial charge in [-0.15, -0.1) is 0 Å². The van der Waals surface area contributed by atoms with Gasteiger partial charge in [-0.2, -0.15) is 0 Å². The lowest BCUT2D eigenvalue weighted by Gasteiger charge is -2.65. The second-order valence-corrected chi connectivity index (χ2v) is 10.8. The average Bonchev–Trinajstić information content (AvgIpc) is 2.69. The van der Waals surface area contributed by atoms with Crippen LogP contribution < -0.4 is 5.32 Å². The molecule has 0 aromatic carbocycles. The largest absolute Gasteiger partial charge is 0.319 e. The second kappa shape index (κ2) is 8.76. The number of rotatable bonds is 3. The van der Waals surface area contributed by atoms with Gasteiger partial charge in [-0.05, 0) is 118 Å². The van der Waals surface area contributed by atoms with E-state index in [2.05, 4.69) is 33.1 Å². The number of fused-ring (bicyclic) bond motifs is 5. The molecule has 0 heterocycles. The standard InChI is InChI=1S/C24H43N.C2H6/c1-5-24-14-11-17(2)15-18(24)9-10-20-21-8-6-7-19(16-25-4)23(21,3)13-12-22(20)24;1-2/h17-22,25H,5-16H2,1-4H3;1-2H3/t17?,18?,19?,20?,21?,22?,23?,24-;/m0./s1. The summed E-state index contributed by atoms with van der Waals surface area (Å²) in [5.41, 5.74) is 1.36. The summed E-state index contributed by atoms with van der Waals surface area (Å²) in [6.07, 6.45) is 16.8. The smallest absolute Gasteiger partial charge is 0.00182 e. The quantitative estimate of drug-likeness (QED) is 0.545. The van der Waals surface area contributed by atoms with E-state index in [0.717, 1.165) is 40.9 Å². The minimum Gasteiger partial charge on any atom is -0.319 e. The molecule has 158 valence electrons. The van der Waals surface area contributed by atoms with E-state index in [-0.39, 0.29) is 0 Å². The molecule has 4 aliphatic rings. The SMILES string of the molecule is CC.CC[C@]12CCC(C)CC1CCC1C3CCCC(CNC)C3(C)CCC12. The van der Waals surface area contributed by atoms with E-state index in [1.54, 1.807) is 38.5 Å². The number of hydrogen-bond donors (Lipinski definition) is 1. The van der Waals surface area contributed by atoms with Crippen LogP contribution in [0.2, 0.25) is 0 Å². The van der Waals surface area contributed by atoms with Crippen LogP contribution in [0.25, 0.3) is 0 Å². The maximum Gasteiger partial charge on any atom is -0.00182 e. The molecule has 4 aliphatic carbocycles. The van der Waals surface area contributed by atoms with Gasteiger partial charge in [0.1, 0.15) is 0 Å². The van der Waals surface area contributed by atoms with Crippen molar-refractivity contribution in [1.82, 2.24) is 5.32 Å². The summed E-state index contributed by atoms with van der Waals surface area (Å²) in [6.45, 7) is 13.0. The van der Waals surface area contributed by atoms with Crippen molar-refractivity contribution in [3.63, 3.8) is 0 Å². The Morgan fingerprint density at radius 1 is 0.926 bits per heavy atom. The predicted molar refractivity (Wildman–Crippen MR) is 119 cm³/mol. The summed E-state index contributed by atoms with van der Waals surface area (Å²) >= 11 is 0. The molecule has 1 N–H and O–H groups in total. The first-order chi connectivity index (χ1) is 13.0. The van der Waals surface area contributed by atoms with Crippen molar-refractivity contribution in [3.8, 4) is 0 Å². The Balaban J connectivity index is 0.00000102. The summed E-state index contributed by atoms with van der Waals surface area (Å²) in [5, 5.41) is 3.54. The molecule has 4 saturated carbocycles. The predicted octanol–water partition coefficient (Wildman–Crippen LogP) is 7.31. The highest BCUT2D eigenvalue weighted by Gasteiger charge is 2.59. The number of nitrogens with one attached hydrogen (secondary N) is 1. The van der Waals surface area contributed by atoms with Crippen LogP contribution in [0.1, 0.15) is 105 Å². The zero-order valence-electron chi connectivity index (χ0n) is 19.4. The fraction of sp³-hybridized carbons (Fsp3) is 1.00. The Morgan fingerprint density at radius 3 is 2.41 bits per heavy atom. The van der Waals surface area contributed by atoms with Gasteiger partial charge in [0.25, 0.3) is 0 Å². The molecule has 1 nitrogen and oxygen atoms in total. The van der Waals surface area contributed by atoms with Crippen molar-refractivity contribution in [2.45, 2.75) is 105 Å². The topological polar surface area (TPSA) is 12.0 Å². The first kappa shape index (κ1) is 21.7. The summed E-state index contributed by atoms with van der Waals surface area (Å²) in [4.78, 5) is 0. The molecule has 0 spiro atoms. The van der Waals surface area contributed by atoms with Crippen LogP contribution >= 0.6 is 0 Å². The van der Waals surface area contributed by atoms with Gasteiger partial charge >= 0.3 is 0 Å². The second-order valence-electron chi connectivity index (χ2n) is 10.8. The van der Waals surface area contributed by atoms with Gasteiger partial charge in [0.2, 0.25) is 0 Å². The molecule has 27 heavy (non-hydrogen) atoms. The van der Waals surface area contributed by atoms with Crippen LogP contribution in [-0.4, -0.2) is 13.6 Å². The van der Waals surface area contributed by atoms with Crippen molar-refractivity contribution in [3.05, 3.63) is 0 Å². The summed E-state index contributed by atoms with van der Waals surface area (Å²) in [7, 11) is 2.17. The van der Waals surface area contributed by atoms with Crippen molar-refractivity contribution in [2.75, 3.05) is 13.6 Å². The molecule has 0 radical (unpaired) electrons. The lowest BCUT2D eigenvalue weighted by Crippen LogP contribution is -2.57. The first-order valence-electron chi connectivity index (χ1n) is 12.7. The van der Waals surface area contributed by atoms with Crippen LogP contribution in [0.5, 0.6) is 0 Å². The highest BCUT2D eigenvalue weighted by Crippen LogP contribution is 2.67. The van der Waals surface area contributed by atoms with Gasteiger partial charge in [-0.25, -0.2) is 0 Å². The van der Waals surface area contributed by atoms with E-state index >= 15 is 0 Å². The molecule has 1 heteroatoms. The van der Waals surface area contributed by atoms with Gasteiger partial charge in [0.15, 0.2) is 0 Å². The molecule has 4 rings (SSSR count). The van der Waals surface area contributed by atoms with Gasteiger partial charge in [-0.1, -0.05) is 47.5 Å². The van der Waals surface area contributed by atoms with E-state index in [0.29, 0.717) is 5.41 Å². The molecule has 0 bridgehead atoms. The maximum absolute atomic E-state index is 3.54. The Kier molecular flexibility index (Phi) is 7.03. The van der Waals surface area contributed by atoms with Crippen LogP contribution in [-0.2, 0) is 0 Å². The van der Waals surface area contributed by atoms with E-state index in [1.165, 1.54) is 38.6 Å². The Labute approximate surface area is 170 Å². The highest BCUT2D eigenvalue weighted by atomic mass is 14.8. The van der Waals surface area contributed by atoms with Gasteiger partial charge in [-0.3, -0.25) is 0 Å². The van der Waals surface area contributed by atoms with Gasteiger partial charge < -0.3 is 5.32 Å².